The number of rotatable bonds is 5. The lowest BCUT2D eigenvalue weighted by Crippen LogP contribution is -2.50. The van der Waals surface area contributed by atoms with Crippen molar-refractivity contribution < 1.29 is 14.7 Å². The van der Waals surface area contributed by atoms with Gasteiger partial charge in [0.05, 0.1) is 5.39 Å². The molecule has 0 bridgehead atoms. The van der Waals surface area contributed by atoms with E-state index in [1.807, 2.05) is 13.8 Å². The Kier molecular flexibility index (Phi) is 4.73. The summed E-state index contributed by atoms with van der Waals surface area (Å²) in [5.41, 5.74) is -1.67. The second kappa shape index (κ2) is 6.43. The Labute approximate surface area is 139 Å². The van der Waals surface area contributed by atoms with Crippen molar-refractivity contribution in [3.05, 3.63) is 40.3 Å². The Bertz CT molecular complexity index is 853. The first-order valence-electron chi connectivity index (χ1n) is 7.69. The number of amides is 1. The third kappa shape index (κ3) is 3.45. The summed E-state index contributed by atoms with van der Waals surface area (Å²) in [5, 5.41) is 16.6. The number of nitrogens with one attached hydrogen (secondary N) is 1. The van der Waals surface area contributed by atoms with Crippen LogP contribution in [-0.4, -0.2) is 32.3 Å². The van der Waals surface area contributed by atoms with Gasteiger partial charge in [0.1, 0.15) is 5.54 Å². The first-order valence-corrected chi connectivity index (χ1v) is 7.69. The van der Waals surface area contributed by atoms with Crippen molar-refractivity contribution in [2.45, 2.75) is 39.8 Å². The van der Waals surface area contributed by atoms with E-state index in [0.29, 0.717) is 17.3 Å². The summed E-state index contributed by atoms with van der Waals surface area (Å²) in [5.74, 6) is -1.62. The number of carboxylic acids is 1. The Morgan fingerprint density at radius 1 is 1.25 bits per heavy atom. The van der Waals surface area contributed by atoms with Gasteiger partial charge in [0.25, 0.3) is 11.5 Å². The van der Waals surface area contributed by atoms with Crippen LogP contribution in [0.5, 0.6) is 0 Å². The summed E-state index contributed by atoms with van der Waals surface area (Å²) in [6, 6.07) is 6.68. The van der Waals surface area contributed by atoms with Crippen LogP contribution in [0.1, 0.15) is 38.2 Å². The molecule has 0 saturated carbocycles. The highest BCUT2D eigenvalue weighted by atomic mass is 16.4. The van der Waals surface area contributed by atoms with Crippen molar-refractivity contribution in [3.8, 4) is 0 Å². The third-order valence-corrected chi connectivity index (χ3v) is 3.58. The van der Waals surface area contributed by atoms with Gasteiger partial charge in [-0.25, -0.2) is 9.48 Å². The van der Waals surface area contributed by atoms with Crippen LogP contribution in [0.15, 0.2) is 29.1 Å². The van der Waals surface area contributed by atoms with Crippen molar-refractivity contribution in [3.63, 3.8) is 0 Å². The zero-order valence-corrected chi connectivity index (χ0v) is 14.2. The van der Waals surface area contributed by atoms with Crippen LogP contribution < -0.4 is 10.9 Å². The maximum atomic E-state index is 12.6. The van der Waals surface area contributed by atoms with Crippen molar-refractivity contribution in [1.29, 1.82) is 0 Å². The SMILES string of the molecule is CC(C)Cn1nc(C(=O)NC(C)(C)C(=O)O)c2ccccc2c1=O. The predicted molar refractivity (Wildman–Crippen MR) is 90.0 cm³/mol. The summed E-state index contributed by atoms with van der Waals surface area (Å²) in [6.07, 6.45) is 0. The topological polar surface area (TPSA) is 101 Å². The zero-order valence-electron chi connectivity index (χ0n) is 14.2. The second-order valence-corrected chi connectivity index (χ2v) is 6.66. The molecule has 1 aromatic heterocycles. The minimum atomic E-state index is -1.45. The van der Waals surface area contributed by atoms with Gasteiger partial charge in [0.15, 0.2) is 5.69 Å². The Morgan fingerprint density at radius 3 is 2.38 bits per heavy atom. The smallest absolute Gasteiger partial charge is 0.328 e. The first kappa shape index (κ1) is 17.7. The van der Waals surface area contributed by atoms with Crippen molar-refractivity contribution in [2.24, 2.45) is 5.92 Å². The molecule has 0 unspecified atom stereocenters. The number of carbonyl (C=O) groups is 2. The Hall–Kier alpha value is -2.70. The van der Waals surface area contributed by atoms with Gasteiger partial charge in [0.2, 0.25) is 0 Å². The van der Waals surface area contributed by atoms with Gasteiger partial charge < -0.3 is 10.4 Å². The number of benzene rings is 1. The van der Waals surface area contributed by atoms with Crippen LogP contribution in [0.2, 0.25) is 0 Å². The fourth-order valence-electron chi connectivity index (χ4n) is 2.27. The van der Waals surface area contributed by atoms with Gasteiger partial charge in [-0.3, -0.25) is 9.59 Å². The molecule has 128 valence electrons. The minimum absolute atomic E-state index is 0.0418. The van der Waals surface area contributed by atoms with E-state index in [9.17, 15) is 19.5 Å². The largest absolute Gasteiger partial charge is 0.480 e. The maximum Gasteiger partial charge on any atom is 0.328 e. The fraction of sp³-hybridized carbons (Fsp3) is 0.412. The highest BCUT2D eigenvalue weighted by Crippen LogP contribution is 2.15. The molecule has 1 aromatic carbocycles. The Morgan fingerprint density at radius 2 is 1.83 bits per heavy atom. The first-order chi connectivity index (χ1) is 11.1. The van der Waals surface area contributed by atoms with E-state index in [1.165, 1.54) is 18.5 Å². The Balaban J connectivity index is 2.60. The quantitative estimate of drug-likeness (QED) is 0.867. The maximum absolute atomic E-state index is 12.6. The van der Waals surface area contributed by atoms with Crippen LogP contribution in [0.4, 0.5) is 0 Å². The third-order valence-electron chi connectivity index (χ3n) is 3.58. The van der Waals surface area contributed by atoms with Gasteiger partial charge in [-0.1, -0.05) is 32.0 Å². The molecule has 7 nitrogen and oxygen atoms in total. The monoisotopic (exact) mass is 331 g/mol. The van der Waals surface area contributed by atoms with E-state index in [1.54, 1.807) is 24.3 Å². The average Bonchev–Trinajstić information content (AvgIpc) is 2.49. The van der Waals surface area contributed by atoms with E-state index >= 15 is 0 Å². The highest BCUT2D eigenvalue weighted by molar-refractivity contribution is 6.06. The van der Waals surface area contributed by atoms with Crippen LogP contribution in [0.25, 0.3) is 10.8 Å². The molecule has 24 heavy (non-hydrogen) atoms. The summed E-state index contributed by atoms with van der Waals surface area (Å²) in [4.78, 5) is 36.3. The van der Waals surface area contributed by atoms with E-state index in [4.69, 9.17) is 0 Å². The van der Waals surface area contributed by atoms with E-state index < -0.39 is 17.4 Å². The molecule has 2 N–H and O–H groups in total. The molecule has 0 saturated heterocycles. The summed E-state index contributed by atoms with van der Waals surface area (Å²) >= 11 is 0. The minimum Gasteiger partial charge on any atom is -0.480 e. The lowest BCUT2D eigenvalue weighted by atomic mass is 10.0. The van der Waals surface area contributed by atoms with Crippen molar-refractivity contribution in [2.75, 3.05) is 0 Å². The van der Waals surface area contributed by atoms with Gasteiger partial charge in [-0.2, -0.15) is 5.10 Å². The van der Waals surface area contributed by atoms with E-state index in [0.717, 1.165) is 0 Å². The number of fused-ring (bicyclic) bond motifs is 1. The number of aromatic nitrogens is 2. The zero-order chi connectivity index (χ0) is 18.1. The summed E-state index contributed by atoms with van der Waals surface area (Å²) < 4.78 is 1.26. The lowest BCUT2D eigenvalue weighted by molar-refractivity contribution is -0.143. The van der Waals surface area contributed by atoms with Crippen LogP contribution in [0.3, 0.4) is 0 Å². The standard InChI is InChI=1S/C17H21N3O4/c1-10(2)9-20-15(22)12-8-6-5-7-11(12)13(19-20)14(21)18-17(3,4)16(23)24/h5-8,10H,9H2,1-4H3,(H,18,21)(H,23,24). The average molecular weight is 331 g/mol. The molecule has 7 heteroatoms. The molecular weight excluding hydrogens is 310 g/mol. The van der Waals surface area contributed by atoms with Crippen molar-refractivity contribution >= 4 is 22.6 Å². The number of aliphatic carboxylic acids is 1. The molecule has 1 amide bonds. The number of carboxylic acid groups (broad SMARTS) is 1. The van der Waals surface area contributed by atoms with Crippen LogP contribution in [-0.2, 0) is 11.3 Å². The number of carbonyl (C=O) groups excluding carboxylic acids is 1. The summed E-state index contributed by atoms with van der Waals surface area (Å²) in [7, 11) is 0. The van der Waals surface area contributed by atoms with Gasteiger partial charge in [-0.05, 0) is 25.8 Å². The molecular formula is C17H21N3O4. The number of hydrogen-bond donors (Lipinski definition) is 2. The second-order valence-electron chi connectivity index (χ2n) is 6.66. The van der Waals surface area contributed by atoms with Crippen molar-refractivity contribution in [1.82, 2.24) is 15.1 Å². The van der Waals surface area contributed by atoms with Gasteiger partial charge >= 0.3 is 5.97 Å². The predicted octanol–water partition coefficient (Wildman–Crippen LogP) is 1.65. The molecule has 0 radical (unpaired) electrons. The van der Waals surface area contributed by atoms with Gasteiger partial charge in [-0.15, -0.1) is 0 Å². The van der Waals surface area contributed by atoms with Crippen LogP contribution in [0, 0.1) is 5.92 Å². The van der Waals surface area contributed by atoms with Gasteiger partial charge in [0, 0.05) is 11.9 Å². The van der Waals surface area contributed by atoms with Crippen LogP contribution >= 0.6 is 0 Å². The molecule has 0 spiro atoms. The summed E-state index contributed by atoms with van der Waals surface area (Å²) in [6.45, 7) is 7.03. The fourth-order valence-corrected chi connectivity index (χ4v) is 2.27. The molecule has 0 fully saturated rings. The molecule has 2 rings (SSSR count). The molecule has 1 heterocycles. The highest BCUT2D eigenvalue weighted by Gasteiger charge is 2.30. The molecule has 2 aromatic rings. The number of hydrogen-bond acceptors (Lipinski definition) is 4. The lowest BCUT2D eigenvalue weighted by Gasteiger charge is -2.21. The normalized spacial score (nSPS) is 11.7. The molecule has 0 aliphatic carbocycles. The van der Waals surface area contributed by atoms with E-state index in [2.05, 4.69) is 10.4 Å². The molecule has 0 aliphatic rings. The molecule has 0 aliphatic heterocycles. The molecule has 0 atom stereocenters. The van der Waals surface area contributed by atoms with E-state index in [-0.39, 0.29) is 17.2 Å². The number of nitrogens with zero attached hydrogens (tertiary/aromatic N) is 2.